The highest BCUT2D eigenvalue weighted by Crippen LogP contribution is 2.37. The van der Waals surface area contributed by atoms with E-state index in [0.29, 0.717) is 49.5 Å². The number of benzene rings is 1. The number of aromatic nitrogens is 3. The van der Waals surface area contributed by atoms with E-state index in [0.717, 1.165) is 22.5 Å². The Hall–Kier alpha value is -2.75. The van der Waals surface area contributed by atoms with Gasteiger partial charge in [-0.05, 0) is 38.5 Å². The van der Waals surface area contributed by atoms with Gasteiger partial charge >= 0.3 is 0 Å². The minimum atomic E-state index is -3.73. The first-order valence-electron chi connectivity index (χ1n) is 10.8. The van der Waals surface area contributed by atoms with E-state index in [-0.39, 0.29) is 10.9 Å². The summed E-state index contributed by atoms with van der Waals surface area (Å²) in [6, 6.07) is 10.6. The highest BCUT2D eigenvalue weighted by atomic mass is 35.5. The topological polar surface area (TPSA) is 88.5 Å². The summed E-state index contributed by atoms with van der Waals surface area (Å²) in [7, 11) is -3.73. The summed E-state index contributed by atoms with van der Waals surface area (Å²) in [5, 5.41) is 0.335. The number of morpholine rings is 1. The lowest BCUT2D eigenvalue weighted by atomic mass is 10.1. The van der Waals surface area contributed by atoms with E-state index in [1.807, 2.05) is 13.0 Å². The van der Waals surface area contributed by atoms with Crippen LogP contribution in [0.25, 0.3) is 11.4 Å². The Morgan fingerprint density at radius 2 is 1.91 bits per heavy atom. The highest BCUT2D eigenvalue weighted by molar-refractivity contribution is 7.92. The summed E-state index contributed by atoms with van der Waals surface area (Å²) in [4.78, 5) is 16.1. The number of ether oxygens (including phenoxy) is 1. The van der Waals surface area contributed by atoms with Crippen LogP contribution < -0.4 is 9.21 Å². The number of hydrogen-bond acceptors (Lipinski definition) is 7. The second kappa shape index (κ2) is 8.55. The van der Waals surface area contributed by atoms with Crippen molar-refractivity contribution in [3.8, 4) is 11.4 Å². The Kier molecular flexibility index (Phi) is 5.72. The molecule has 5 rings (SSSR count). The van der Waals surface area contributed by atoms with Crippen LogP contribution in [0.1, 0.15) is 18.1 Å². The van der Waals surface area contributed by atoms with Crippen molar-refractivity contribution in [1.29, 1.82) is 0 Å². The van der Waals surface area contributed by atoms with Gasteiger partial charge in [0.25, 0.3) is 10.0 Å². The van der Waals surface area contributed by atoms with Crippen LogP contribution in [0.2, 0.25) is 5.15 Å². The molecule has 172 valence electrons. The van der Waals surface area contributed by atoms with Gasteiger partial charge < -0.3 is 9.64 Å². The highest BCUT2D eigenvalue weighted by Gasteiger charge is 2.34. The molecule has 0 radical (unpaired) electrons. The predicted octanol–water partition coefficient (Wildman–Crippen LogP) is 3.48. The molecule has 10 heteroatoms. The maximum atomic E-state index is 13.3. The van der Waals surface area contributed by atoms with Crippen LogP contribution in [0.15, 0.2) is 47.5 Å². The van der Waals surface area contributed by atoms with Gasteiger partial charge in [-0.25, -0.2) is 27.7 Å². The average Bonchev–Trinajstić information content (AvgIpc) is 3.24. The molecular weight excluding hydrogens is 462 g/mol. The van der Waals surface area contributed by atoms with Gasteiger partial charge in [-0.1, -0.05) is 29.3 Å². The molecule has 0 spiro atoms. The third-order valence-electron chi connectivity index (χ3n) is 6.03. The number of rotatable bonds is 4. The van der Waals surface area contributed by atoms with Crippen molar-refractivity contribution in [1.82, 2.24) is 15.0 Å². The van der Waals surface area contributed by atoms with Gasteiger partial charge in [0.2, 0.25) is 0 Å². The Labute approximate surface area is 198 Å². The molecule has 2 aromatic heterocycles. The number of hydrogen-bond donors (Lipinski definition) is 0. The average molecular weight is 486 g/mol. The molecule has 1 aromatic carbocycles. The zero-order valence-electron chi connectivity index (χ0n) is 18.4. The molecule has 0 N–H and O–H groups in total. The molecule has 0 unspecified atom stereocenters. The molecule has 4 heterocycles. The number of nitrogens with zero attached hydrogens (tertiary/aromatic N) is 5. The molecule has 0 aliphatic carbocycles. The maximum absolute atomic E-state index is 13.3. The SMILES string of the molecule is Cc1ccc(S(=O)(=O)N2CCc3c(-c4nc(Cl)cc(N5CCOC[C@H]5C)n4)ccnc32)cc1. The van der Waals surface area contributed by atoms with Crippen LogP contribution in [-0.2, 0) is 21.2 Å². The number of halogens is 1. The minimum absolute atomic E-state index is 0.163. The molecule has 8 nitrogen and oxygen atoms in total. The fourth-order valence-electron chi connectivity index (χ4n) is 4.28. The van der Waals surface area contributed by atoms with Gasteiger partial charge in [0.15, 0.2) is 5.82 Å². The lowest BCUT2D eigenvalue weighted by Crippen LogP contribution is -2.44. The molecule has 0 bridgehead atoms. The number of pyridine rings is 1. The van der Waals surface area contributed by atoms with Gasteiger partial charge in [-0.3, -0.25) is 0 Å². The van der Waals surface area contributed by atoms with Gasteiger partial charge in [-0.15, -0.1) is 0 Å². The first kappa shape index (κ1) is 22.1. The molecule has 1 atom stereocenters. The summed E-state index contributed by atoms with van der Waals surface area (Å²) in [5.74, 6) is 1.61. The first-order valence-corrected chi connectivity index (χ1v) is 12.6. The van der Waals surface area contributed by atoms with Crippen molar-refractivity contribution in [2.45, 2.75) is 31.2 Å². The van der Waals surface area contributed by atoms with Crippen molar-refractivity contribution in [3.05, 3.63) is 58.9 Å². The summed E-state index contributed by atoms with van der Waals surface area (Å²) in [6.07, 6.45) is 2.11. The quantitative estimate of drug-likeness (QED) is 0.523. The summed E-state index contributed by atoms with van der Waals surface area (Å²) >= 11 is 6.38. The van der Waals surface area contributed by atoms with Gasteiger partial charge in [-0.2, -0.15) is 0 Å². The molecular formula is C23H24ClN5O3S. The third kappa shape index (κ3) is 4.05. The largest absolute Gasteiger partial charge is 0.377 e. The maximum Gasteiger partial charge on any atom is 0.265 e. The van der Waals surface area contributed by atoms with Crippen LogP contribution in [0.5, 0.6) is 0 Å². The van der Waals surface area contributed by atoms with E-state index in [4.69, 9.17) is 21.3 Å². The standard InChI is InChI=1S/C23H24ClN5O3S/c1-15-3-5-17(6-4-15)33(30,31)29-10-8-19-18(7-9-25-23(19)29)22-26-20(24)13-21(27-22)28-11-12-32-14-16(28)2/h3-7,9,13,16H,8,10-12,14H2,1-2H3/t16-/m1/s1. The Morgan fingerprint density at radius 1 is 1.12 bits per heavy atom. The Bertz CT molecular complexity index is 1300. The summed E-state index contributed by atoms with van der Waals surface area (Å²) in [5.41, 5.74) is 2.54. The van der Waals surface area contributed by atoms with E-state index in [9.17, 15) is 8.42 Å². The van der Waals surface area contributed by atoms with Crippen molar-refractivity contribution in [3.63, 3.8) is 0 Å². The van der Waals surface area contributed by atoms with E-state index in [1.54, 1.807) is 36.5 Å². The molecule has 2 aliphatic heterocycles. The second-order valence-electron chi connectivity index (χ2n) is 8.29. The number of anilines is 2. The van der Waals surface area contributed by atoms with Crippen LogP contribution in [0.4, 0.5) is 11.6 Å². The zero-order chi connectivity index (χ0) is 23.2. The van der Waals surface area contributed by atoms with Crippen LogP contribution in [0.3, 0.4) is 0 Å². The number of aryl methyl sites for hydroxylation is 1. The number of sulfonamides is 1. The van der Waals surface area contributed by atoms with E-state index in [1.165, 1.54) is 4.31 Å². The summed E-state index contributed by atoms with van der Waals surface area (Å²) < 4.78 is 33.5. The molecule has 0 saturated carbocycles. The van der Waals surface area contributed by atoms with Crippen LogP contribution in [0, 0.1) is 6.92 Å². The fraction of sp³-hybridized carbons (Fsp3) is 0.348. The smallest absolute Gasteiger partial charge is 0.265 e. The lowest BCUT2D eigenvalue weighted by molar-refractivity contribution is 0.0985. The van der Waals surface area contributed by atoms with E-state index >= 15 is 0 Å². The molecule has 1 fully saturated rings. The molecule has 1 saturated heterocycles. The van der Waals surface area contributed by atoms with Gasteiger partial charge in [0.05, 0.1) is 24.2 Å². The second-order valence-corrected chi connectivity index (χ2v) is 10.5. The normalized spacial score (nSPS) is 18.5. The van der Waals surface area contributed by atoms with E-state index in [2.05, 4.69) is 21.8 Å². The molecule has 3 aromatic rings. The van der Waals surface area contributed by atoms with Crippen molar-refractivity contribution in [2.24, 2.45) is 0 Å². The predicted molar refractivity (Wildman–Crippen MR) is 127 cm³/mol. The van der Waals surface area contributed by atoms with Gasteiger partial charge in [0.1, 0.15) is 16.8 Å². The zero-order valence-corrected chi connectivity index (χ0v) is 20.0. The van der Waals surface area contributed by atoms with E-state index < -0.39 is 10.0 Å². The molecule has 2 aliphatic rings. The minimum Gasteiger partial charge on any atom is -0.377 e. The fourth-order valence-corrected chi connectivity index (χ4v) is 5.91. The summed E-state index contributed by atoms with van der Waals surface area (Å²) in [6.45, 7) is 6.26. The first-order chi connectivity index (χ1) is 15.8. The molecule has 0 amide bonds. The Balaban J connectivity index is 1.54. The monoisotopic (exact) mass is 485 g/mol. The van der Waals surface area contributed by atoms with Crippen LogP contribution >= 0.6 is 11.6 Å². The number of fused-ring (bicyclic) bond motifs is 1. The third-order valence-corrected chi connectivity index (χ3v) is 8.02. The lowest BCUT2D eigenvalue weighted by Gasteiger charge is -2.34. The van der Waals surface area contributed by atoms with Crippen LogP contribution in [-0.4, -0.2) is 55.7 Å². The Morgan fingerprint density at radius 3 is 2.67 bits per heavy atom. The van der Waals surface area contributed by atoms with Crippen molar-refractivity contribution < 1.29 is 13.2 Å². The van der Waals surface area contributed by atoms with Gasteiger partial charge in [0, 0.05) is 36.5 Å². The molecule has 33 heavy (non-hydrogen) atoms. The van der Waals surface area contributed by atoms with Crippen molar-refractivity contribution in [2.75, 3.05) is 35.5 Å². The van der Waals surface area contributed by atoms with Crippen molar-refractivity contribution >= 4 is 33.3 Å².